The van der Waals surface area contributed by atoms with E-state index in [0.29, 0.717) is 12.1 Å². The average Bonchev–Trinajstić information content (AvgIpc) is 2.49. The summed E-state index contributed by atoms with van der Waals surface area (Å²) in [4.78, 5) is 12.6. The Labute approximate surface area is 129 Å². The number of carbonyl (C=O) groups is 1. The predicted octanol–water partition coefficient (Wildman–Crippen LogP) is 3.53. The molecular formula is C18H32N2O. The minimum Gasteiger partial charge on any atom is -0.352 e. The Balaban J connectivity index is 1.48. The molecule has 1 saturated heterocycles. The lowest BCUT2D eigenvalue weighted by atomic mass is 9.77. The van der Waals surface area contributed by atoms with Gasteiger partial charge in [0, 0.05) is 12.1 Å². The summed E-state index contributed by atoms with van der Waals surface area (Å²) in [7, 11) is 0. The Morgan fingerprint density at radius 1 is 0.762 bits per heavy atom. The molecule has 0 radical (unpaired) electrons. The van der Waals surface area contributed by atoms with Crippen LogP contribution < -0.4 is 10.6 Å². The third-order valence-corrected chi connectivity index (χ3v) is 5.92. The third kappa shape index (κ3) is 4.21. The van der Waals surface area contributed by atoms with E-state index in [0.717, 1.165) is 12.3 Å². The Morgan fingerprint density at radius 2 is 1.43 bits per heavy atom. The number of hydrogen-bond acceptors (Lipinski definition) is 2. The van der Waals surface area contributed by atoms with Gasteiger partial charge in [0.1, 0.15) is 0 Å². The van der Waals surface area contributed by atoms with Crippen LogP contribution in [0.2, 0.25) is 0 Å². The molecule has 3 heteroatoms. The maximum atomic E-state index is 12.6. The van der Waals surface area contributed by atoms with Crippen molar-refractivity contribution in [1.29, 1.82) is 0 Å². The van der Waals surface area contributed by atoms with E-state index in [2.05, 4.69) is 10.6 Å². The molecule has 21 heavy (non-hydrogen) atoms. The van der Waals surface area contributed by atoms with Crippen molar-refractivity contribution in [1.82, 2.24) is 10.6 Å². The normalized spacial score (nSPS) is 35.3. The monoisotopic (exact) mass is 292 g/mol. The van der Waals surface area contributed by atoms with Gasteiger partial charge in [-0.15, -0.1) is 0 Å². The van der Waals surface area contributed by atoms with Gasteiger partial charge in [0.05, 0.1) is 6.04 Å². The fraction of sp³-hybridized carbons (Fsp3) is 0.944. The highest BCUT2D eigenvalue weighted by Crippen LogP contribution is 2.32. The van der Waals surface area contributed by atoms with E-state index < -0.39 is 0 Å². The summed E-state index contributed by atoms with van der Waals surface area (Å²) >= 11 is 0. The highest BCUT2D eigenvalue weighted by atomic mass is 16.2. The minimum atomic E-state index is 0.0785. The SMILES string of the molecule is O=C(NC1CCCCCCC1)C1CCC2CCCCC2N1. The lowest BCUT2D eigenvalue weighted by Crippen LogP contribution is -2.56. The lowest BCUT2D eigenvalue weighted by Gasteiger charge is -2.40. The molecule has 2 aliphatic carbocycles. The van der Waals surface area contributed by atoms with Crippen LogP contribution >= 0.6 is 0 Å². The van der Waals surface area contributed by atoms with Crippen LogP contribution in [0, 0.1) is 5.92 Å². The van der Waals surface area contributed by atoms with E-state index in [1.54, 1.807) is 0 Å². The number of hydrogen-bond donors (Lipinski definition) is 2. The summed E-state index contributed by atoms with van der Waals surface area (Å²) in [5.74, 6) is 1.12. The van der Waals surface area contributed by atoms with Crippen LogP contribution in [0.1, 0.15) is 83.5 Å². The molecule has 0 spiro atoms. The zero-order valence-corrected chi connectivity index (χ0v) is 13.4. The minimum absolute atomic E-state index is 0.0785. The van der Waals surface area contributed by atoms with Crippen molar-refractivity contribution in [2.45, 2.75) is 102 Å². The highest BCUT2D eigenvalue weighted by molar-refractivity contribution is 5.82. The molecule has 1 amide bonds. The molecule has 0 aromatic heterocycles. The summed E-state index contributed by atoms with van der Waals surface area (Å²) in [5.41, 5.74) is 0. The van der Waals surface area contributed by atoms with Gasteiger partial charge >= 0.3 is 0 Å². The van der Waals surface area contributed by atoms with E-state index >= 15 is 0 Å². The van der Waals surface area contributed by atoms with Gasteiger partial charge < -0.3 is 10.6 Å². The second-order valence-electron chi connectivity index (χ2n) is 7.50. The molecule has 3 unspecified atom stereocenters. The van der Waals surface area contributed by atoms with Crippen molar-refractivity contribution in [2.24, 2.45) is 5.92 Å². The molecule has 0 bridgehead atoms. The topological polar surface area (TPSA) is 41.1 Å². The number of fused-ring (bicyclic) bond motifs is 1. The standard InChI is InChI=1S/C18H32N2O/c21-18(19-15-9-4-2-1-3-5-10-15)17-13-12-14-8-6-7-11-16(14)20-17/h14-17,20H,1-13H2,(H,19,21). The van der Waals surface area contributed by atoms with Gasteiger partial charge in [0.2, 0.25) is 5.91 Å². The molecule has 1 heterocycles. The van der Waals surface area contributed by atoms with Gasteiger partial charge in [-0.05, 0) is 44.4 Å². The van der Waals surface area contributed by atoms with Crippen LogP contribution in [-0.4, -0.2) is 24.0 Å². The first-order chi connectivity index (χ1) is 10.3. The van der Waals surface area contributed by atoms with Crippen LogP contribution in [0.25, 0.3) is 0 Å². The fourth-order valence-corrected chi connectivity index (χ4v) is 4.60. The van der Waals surface area contributed by atoms with E-state index in [9.17, 15) is 4.79 Å². The second kappa shape index (κ2) is 7.62. The number of piperidine rings is 1. The average molecular weight is 292 g/mol. The van der Waals surface area contributed by atoms with Gasteiger partial charge in [0.15, 0.2) is 0 Å². The summed E-state index contributed by atoms with van der Waals surface area (Å²) in [5, 5.41) is 7.01. The van der Waals surface area contributed by atoms with Crippen LogP contribution in [0.3, 0.4) is 0 Å². The van der Waals surface area contributed by atoms with Gasteiger partial charge in [-0.1, -0.05) is 44.9 Å². The van der Waals surface area contributed by atoms with Crippen molar-refractivity contribution >= 4 is 5.91 Å². The first-order valence-electron chi connectivity index (χ1n) is 9.39. The largest absolute Gasteiger partial charge is 0.352 e. The molecule has 3 aliphatic rings. The van der Waals surface area contributed by atoms with E-state index in [1.807, 2.05) is 0 Å². The molecule has 3 fully saturated rings. The fourth-order valence-electron chi connectivity index (χ4n) is 4.60. The molecule has 0 aromatic carbocycles. The van der Waals surface area contributed by atoms with Crippen LogP contribution in [0.15, 0.2) is 0 Å². The number of carbonyl (C=O) groups excluding carboxylic acids is 1. The van der Waals surface area contributed by atoms with E-state index in [-0.39, 0.29) is 11.9 Å². The first kappa shape index (κ1) is 15.3. The van der Waals surface area contributed by atoms with E-state index in [4.69, 9.17) is 0 Å². The maximum Gasteiger partial charge on any atom is 0.237 e. The zero-order valence-electron chi connectivity index (χ0n) is 13.4. The quantitative estimate of drug-likeness (QED) is 0.817. The molecular weight excluding hydrogens is 260 g/mol. The predicted molar refractivity (Wildman–Crippen MR) is 86.2 cm³/mol. The molecule has 1 aliphatic heterocycles. The molecule has 3 atom stereocenters. The number of nitrogens with one attached hydrogen (secondary N) is 2. The Hall–Kier alpha value is -0.570. The van der Waals surface area contributed by atoms with Crippen molar-refractivity contribution in [2.75, 3.05) is 0 Å². The summed E-state index contributed by atoms with van der Waals surface area (Å²) in [6, 6.07) is 1.12. The molecule has 2 N–H and O–H groups in total. The van der Waals surface area contributed by atoms with Crippen molar-refractivity contribution in [3.05, 3.63) is 0 Å². The number of rotatable bonds is 2. The van der Waals surface area contributed by atoms with Crippen LogP contribution in [0.4, 0.5) is 0 Å². The van der Waals surface area contributed by atoms with Gasteiger partial charge in [0.25, 0.3) is 0 Å². The highest BCUT2D eigenvalue weighted by Gasteiger charge is 2.34. The van der Waals surface area contributed by atoms with E-state index in [1.165, 1.54) is 77.0 Å². The Kier molecular flexibility index (Phi) is 5.56. The lowest BCUT2D eigenvalue weighted by molar-refractivity contribution is -0.125. The summed E-state index contributed by atoms with van der Waals surface area (Å²) < 4.78 is 0. The molecule has 2 saturated carbocycles. The van der Waals surface area contributed by atoms with Crippen molar-refractivity contribution < 1.29 is 4.79 Å². The number of amides is 1. The van der Waals surface area contributed by atoms with Crippen LogP contribution in [0.5, 0.6) is 0 Å². The van der Waals surface area contributed by atoms with Crippen LogP contribution in [-0.2, 0) is 4.79 Å². The summed E-state index contributed by atoms with van der Waals surface area (Å²) in [6.45, 7) is 0. The third-order valence-electron chi connectivity index (χ3n) is 5.92. The van der Waals surface area contributed by atoms with Crippen molar-refractivity contribution in [3.8, 4) is 0 Å². The molecule has 3 nitrogen and oxygen atoms in total. The van der Waals surface area contributed by atoms with Gasteiger partial charge in [-0.3, -0.25) is 4.79 Å². The van der Waals surface area contributed by atoms with Crippen molar-refractivity contribution in [3.63, 3.8) is 0 Å². The molecule has 120 valence electrons. The molecule has 0 aromatic rings. The molecule has 3 rings (SSSR count). The Morgan fingerprint density at radius 3 is 2.24 bits per heavy atom. The van der Waals surface area contributed by atoms with Gasteiger partial charge in [-0.25, -0.2) is 0 Å². The maximum absolute atomic E-state index is 12.6. The summed E-state index contributed by atoms with van der Waals surface area (Å²) in [6.07, 6.45) is 16.7. The van der Waals surface area contributed by atoms with Gasteiger partial charge in [-0.2, -0.15) is 0 Å². The zero-order chi connectivity index (χ0) is 14.5. The Bertz CT molecular complexity index is 336. The second-order valence-corrected chi connectivity index (χ2v) is 7.50. The first-order valence-corrected chi connectivity index (χ1v) is 9.39. The smallest absolute Gasteiger partial charge is 0.237 e.